The summed E-state index contributed by atoms with van der Waals surface area (Å²) in [5, 5.41) is 0. The highest BCUT2D eigenvalue weighted by Gasteiger charge is 2.37. The van der Waals surface area contributed by atoms with E-state index in [4.69, 9.17) is 9.26 Å². The van der Waals surface area contributed by atoms with Gasteiger partial charge in [-0.2, -0.15) is 4.52 Å². The largest absolute Gasteiger partial charge is 0.495 e. The Bertz CT molecular complexity index is 644. The average Bonchev–Trinajstić information content (AvgIpc) is 2.70. The molecule has 1 aliphatic rings. The van der Waals surface area contributed by atoms with Crippen molar-refractivity contribution < 1.29 is 9.26 Å². The number of hydrogen-bond donors (Lipinski definition) is 1. The average molecular weight is 470 g/mol. The Morgan fingerprint density at radius 2 is 1.94 bits per heavy atom. The van der Waals surface area contributed by atoms with Crippen LogP contribution in [0.5, 0.6) is 0 Å². The standard InChI is InChI=1S/C25H46N2O2PS/c1-10-14-23(28-21(4)11-2)16-13-15-22(5)31-26-25(9)17-19-27(20-18-25)30(12-3)29-24(6,7)8/h12-15,21,26H,5,10-11,16-20H2,1-4,6-9H3/q+1/b15-13-,23-14+. The summed E-state index contributed by atoms with van der Waals surface area (Å²) in [7, 11) is -0.626. The van der Waals surface area contributed by atoms with Gasteiger partial charge in [0.15, 0.2) is 0 Å². The molecule has 1 heterocycles. The molecule has 0 aromatic heterocycles. The highest BCUT2D eigenvalue weighted by molar-refractivity contribution is 8.01. The van der Waals surface area contributed by atoms with Crippen LogP contribution >= 0.6 is 19.9 Å². The fourth-order valence-electron chi connectivity index (χ4n) is 3.12. The first kappa shape index (κ1) is 28.5. The van der Waals surface area contributed by atoms with E-state index in [2.05, 4.69) is 95.4 Å². The second kappa shape index (κ2) is 13.9. The second-order valence-corrected chi connectivity index (χ2v) is 12.3. The molecular formula is C25H46N2O2PS+. The molecule has 31 heavy (non-hydrogen) atoms. The Morgan fingerprint density at radius 3 is 2.45 bits per heavy atom. The van der Waals surface area contributed by atoms with Crippen LogP contribution in [0.1, 0.15) is 87.5 Å². The highest BCUT2D eigenvalue weighted by Crippen LogP contribution is 2.39. The van der Waals surface area contributed by atoms with Crippen molar-refractivity contribution in [2.45, 2.75) is 105 Å². The summed E-state index contributed by atoms with van der Waals surface area (Å²) < 4.78 is 18.5. The van der Waals surface area contributed by atoms with Crippen LogP contribution in [0.15, 0.2) is 35.5 Å². The molecule has 1 saturated heterocycles. The van der Waals surface area contributed by atoms with Crippen LogP contribution < -0.4 is 4.72 Å². The van der Waals surface area contributed by atoms with Crippen LogP contribution in [0.25, 0.3) is 0 Å². The monoisotopic (exact) mass is 469 g/mol. The van der Waals surface area contributed by atoms with Crippen molar-refractivity contribution >= 4 is 25.7 Å². The molecule has 2 unspecified atom stereocenters. The minimum absolute atomic E-state index is 0.108. The Balaban J connectivity index is 2.48. The number of rotatable bonds is 12. The van der Waals surface area contributed by atoms with E-state index in [0.717, 1.165) is 55.9 Å². The first-order chi connectivity index (χ1) is 14.5. The molecule has 2 atom stereocenters. The maximum absolute atomic E-state index is 6.28. The number of nitrogens with one attached hydrogen (secondary N) is 1. The van der Waals surface area contributed by atoms with Crippen LogP contribution in [0.4, 0.5) is 0 Å². The lowest BCUT2D eigenvalue weighted by Crippen LogP contribution is -2.47. The van der Waals surface area contributed by atoms with Gasteiger partial charge >= 0.3 is 7.92 Å². The zero-order valence-corrected chi connectivity index (χ0v) is 22.9. The lowest BCUT2D eigenvalue weighted by Gasteiger charge is -2.36. The predicted molar refractivity (Wildman–Crippen MR) is 142 cm³/mol. The SMILES string of the molecule is C=C(/C=C\C/C(=C\CC)OC(C)CC)SNC1(C)CCN([P+](=CC)OC(C)(C)C)CC1. The van der Waals surface area contributed by atoms with E-state index in [1.807, 2.05) is 0 Å². The summed E-state index contributed by atoms with van der Waals surface area (Å²) in [6.45, 7) is 23.6. The Kier molecular flexibility index (Phi) is 12.7. The van der Waals surface area contributed by atoms with Gasteiger partial charge in [0.2, 0.25) is 0 Å². The molecule has 0 saturated carbocycles. The van der Waals surface area contributed by atoms with Crippen molar-refractivity contribution in [1.29, 1.82) is 0 Å². The van der Waals surface area contributed by atoms with Crippen LogP contribution in [-0.4, -0.2) is 40.8 Å². The van der Waals surface area contributed by atoms with Gasteiger partial charge in [-0.05, 0) is 85.2 Å². The zero-order chi connectivity index (χ0) is 23.5. The topological polar surface area (TPSA) is 33.7 Å². The minimum atomic E-state index is -0.626. The lowest BCUT2D eigenvalue weighted by atomic mass is 9.92. The molecular weight excluding hydrogens is 423 g/mol. The Hall–Kier alpha value is -0.580. The van der Waals surface area contributed by atoms with Gasteiger partial charge in [0.05, 0.1) is 11.9 Å². The first-order valence-corrected chi connectivity index (χ1v) is 13.8. The quantitative estimate of drug-likeness (QED) is 0.138. The number of allylic oxidation sites excluding steroid dienone is 3. The van der Waals surface area contributed by atoms with Crippen LogP contribution in [0.3, 0.4) is 0 Å². The summed E-state index contributed by atoms with van der Waals surface area (Å²) in [6.07, 6.45) is 11.7. The van der Waals surface area contributed by atoms with Gasteiger partial charge in [-0.25, -0.2) is 0 Å². The third-order valence-corrected chi connectivity index (χ3v) is 8.25. The highest BCUT2D eigenvalue weighted by atomic mass is 32.2. The van der Waals surface area contributed by atoms with Crippen molar-refractivity contribution in [3.05, 3.63) is 35.5 Å². The van der Waals surface area contributed by atoms with Crippen molar-refractivity contribution in [3.8, 4) is 0 Å². The second-order valence-electron chi connectivity index (χ2n) is 9.47. The molecule has 1 aliphatic heterocycles. The van der Waals surface area contributed by atoms with Crippen molar-refractivity contribution in [2.24, 2.45) is 0 Å². The van der Waals surface area contributed by atoms with Crippen molar-refractivity contribution in [1.82, 2.24) is 9.39 Å². The van der Waals surface area contributed by atoms with E-state index in [9.17, 15) is 0 Å². The number of ether oxygens (including phenoxy) is 1. The first-order valence-electron chi connectivity index (χ1n) is 11.7. The fraction of sp³-hybridized carbons (Fsp3) is 0.720. The van der Waals surface area contributed by atoms with E-state index in [1.165, 1.54) is 0 Å². The van der Waals surface area contributed by atoms with Crippen molar-refractivity contribution in [2.75, 3.05) is 13.1 Å². The molecule has 178 valence electrons. The molecule has 1 fully saturated rings. The molecule has 0 spiro atoms. The Morgan fingerprint density at radius 1 is 1.29 bits per heavy atom. The maximum Gasteiger partial charge on any atom is 0.350 e. The number of hydrogen-bond acceptors (Lipinski definition) is 5. The zero-order valence-electron chi connectivity index (χ0n) is 21.2. The molecule has 1 rings (SSSR count). The van der Waals surface area contributed by atoms with Gasteiger partial charge < -0.3 is 4.74 Å². The van der Waals surface area contributed by atoms with Crippen LogP contribution in [0, 0.1) is 0 Å². The van der Waals surface area contributed by atoms with Gasteiger partial charge in [-0.3, -0.25) is 4.72 Å². The molecule has 0 aliphatic carbocycles. The normalized spacial score (nSPS) is 19.6. The molecule has 0 aromatic rings. The van der Waals surface area contributed by atoms with Gasteiger partial charge in [-0.1, -0.05) is 32.6 Å². The summed E-state index contributed by atoms with van der Waals surface area (Å²) in [5.74, 6) is 3.28. The van der Waals surface area contributed by atoms with E-state index >= 15 is 0 Å². The molecule has 6 heteroatoms. The minimum Gasteiger partial charge on any atom is -0.495 e. The maximum atomic E-state index is 6.28. The molecule has 4 nitrogen and oxygen atoms in total. The third-order valence-electron chi connectivity index (χ3n) is 5.12. The fourth-order valence-corrected chi connectivity index (χ4v) is 5.57. The van der Waals surface area contributed by atoms with Gasteiger partial charge in [0, 0.05) is 30.0 Å². The molecule has 0 radical (unpaired) electrons. The molecule has 0 bridgehead atoms. The smallest absolute Gasteiger partial charge is 0.350 e. The van der Waals surface area contributed by atoms with E-state index in [1.54, 1.807) is 11.9 Å². The summed E-state index contributed by atoms with van der Waals surface area (Å²) >= 11 is 1.65. The number of nitrogens with zero attached hydrogens (tertiary/aromatic N) is 1. The third kappa shape index (κ3) is 11.7. The molecule has 0 amide bonds. The summed E-state index contributed by atoms with van der Waals surface area (Å²) in [4.78, 5) is 1.03. The van der Waals surface area contributed by atoms with Gasteiger partial charge in [0.1, 0.15) is 11.4 Å². The van der Waals surface area contributed by atoms with Crippen LogP contribution in [0.2, 0.25) is 0 Å². The lowest BCUT2D eigenvalue weighted by molar-refractivity contribution is 0.124. The van der Waals surface area contributed by atoms with Crippen molar-refractivity contribution in [3.63, 3.8) is 0 Å². The van der Waals surface area contributed by atoms with Crippen LogP contribution in [-0.2, 0) is 9.26 Å². The molecule has 0 aromatic carbocycles. The molecule has 1 N–H and O–H groups in total. The number of piperidine rings is 1. The van der Waals surface area contributed by atoms with E-state index in [0.29, 0.717) is 0 Å². The van der Waals surface area contributed by atoms with Gasteiger partial charge in [-0.15, -0.1) is 4.67 Å². The summed E-state index contributed by atoms with van der Waals surface area (Å²) in [5.41, 5.74) is 0.00428. The predicted octanol–water partition coefficient (Wildman–Crippen LogP) is 7.60. The van der Waals surface area contributed by atoms with Gasteiger partial charge in [0.25, 0.3) is 0 Å². The Labute approximate surface area is 197 Å². The van der Waals surface area contributed by atoms with E-state index in [-0.39, 0.29) is 17.2 Å². The van der Waals surface area contributed by atoms with E-state index < -0.39 is 7.92 Å². The summed E-state index contributed by atoms with van der Waals surface area (Å²) in [6, 6.07) is 0.